The number of H-pyrrole nitrogens is 1. The van der Waals surface area contributed by atoms with Crippen LogP contribution in [-0.4, -0.2) is 30.6 Å². The Kier molecular flexibility index (Phi) is 3.44. The van der Waals surface area contributed by atoms with Gasteiger partial charge in [0.15, 0.2) is 0 Å². The van der Waals surface area contributed by atoms with E-state index < -0.39 is 0 Å². The van der Waals surface area contributed by atoms with Crippen LogP contribution in [0.1, 0.15) is 17.4 Å². The van der Waals surface area contributed by atoms with E-state index in [0.717, 1.165) is 10.9 Å². The molecule has 17 heavy (non-hydrogen) atoms. The van der Waals surface area contributed by atoms with Gasteiger partial charge in [0.2, 0.25) is 0 Å². The van der Waals surface area contributed by atoms with Crippen molar-refractivity contribution in [3.05, 3.63) is 36.0 Å². The topological polar surface area (TPSA) is 54.1 Å². The molecule has 1 amide bonds. The fourth-order valence-electron chi connectivity index (χ4n) is 1.79. The van der Waals surface area contributed by atoms with Gasteiger partial charge in [0.1, 0.15) is 5.69 Å². The number of carbonyl (C=O) groups is 1. The fourth-order valence-corrected chi connectivity index (χ4v) is 1.79. The highest BCUT2D eigenvalue weighted by Gasteiger charge is 2.11. The molecule has 2 N–H and O–H groups in total. The monoisotopic (exact) mass is 232 g/mol. The number of ether oxygens (including phenoxy) is 1. The molecule has 90 valence electrons. The molecule has 0 aliphatic carbocycles. The summed E-state index contributed by atoms with van der Waals surface area (Å²) in [6.45, 7) is 2.41. The molecule has 1 unspecified atom stereocenters. The van der Waals surface area contributed by atoms with Gasteiger partial charge in [-0.2, -0.15) is 0 Å². The molecular weight excluding hydrogens is 216 g/mol. The van der Waals surface area contributed by atoms with Crippen molar-refractivity contribution in [1.82, 2.24) is 10.3 Å². The first-order valence-electron chi connectivity index (χ1n) is 5.58. The quantitative estimate of drug-likeness (QED) is 0.846. The molecule has 1 aromatic heterocycles. The van der Waals surface area contributed by atoms with E-state index in [0.29, 0.717) is 12.3 Å². The Morgan fingerprint density at radius 2 is 2.24 bits per heavy atom. The Morgan fingerprint density at radius 1 is 1.47 bits per heavy atom. The van der Waals surface area contributed by atoms with Gasteiger partial charge in [-0.25, -0.2) is 0 Å². The maximum absolute atomic E-state index is 11.9. The van der Waals surface area contributed by atoms with Gasteiger partial charge in [0.05, 0.1) is 6.61 Å². The van der Waals surface area contributed by atoms with Crippen LogP contribution in [0.2, 0.25) is 0 Å². The molecule has 1 atom stereocenters. The SMILES string of the molecule is COCC(C)NC(=O)c1cc2ccccc2[nH]1. The number of para-hydroxylation sites is 1. The molecule has 4 heteroatoms. The standard InChI is InChI=1S/C13H16N2O2/c1-9(8-17-2)14-13(16)12-7-10-5-3-4-6-11(10)15-12/h3-7,9,15H,8H2,1-2H3,(H,14,16). The summed E-state index contributed by atoms with van der Waals surface area (Å²) in [5.74, 6) is -0.106. The molecule has 0 saturated carbocycles. The Bertz CT molecular complexity index is 486. The van der Waals surface area contributed by atoms with E-state index >= 15 is 0 Å². The van der Waals surface area contributed by atoms with E-state index in [9.17, 15) is 4.79 Å². The van der Waals surface area contributed by atoms with Crippen LogP contribution in [0.5, 0.6) is 0 Å². The van der Waals surface area contributed by atoms with Crippen molar-refractivity contribution in [3.8, 4) is 0 Å². The summed E-state index contributed by atoms with van der Waals surface area (Å²) >= 11 is 0. The zero-order valence-electron chi connectivity index (χ0n) is 9.99. The number of aromatic amines is 1. The van der Waals surface area contributed by atoms with Crippen molar-refractivity contribution in [2.75, 3.05) is 13.7 Å². The maximum atomic E-state index is 11.9. The number of aromatic nitrogens is 1. The first-order chi connectivity index (χ1) is 8.20. The summed E-state index contributed by atoms with van der Waals surface area (Å²) in [6, 6.07) is 9.66. The summed E-state index contributed by atoms with van der Waals surface area (Å²) in [5, 5.41) is 3.90. The van der Waals surface area contributed by atoms with Gasteiger partial charge in [-0.05, 0) is 19.1 Å². The van der Waals surface area contributed by atoms with Gasteiger partial charge in [0.25, 0.3) is 5.91 Å². The number of rotatable bonds is 4. The van der Waals surface area contributed by atoms with Crippen molar-refractivity contribution in [2.45, 2.75) is 13.0 Å². The molecule has 0 spiro atoms. The zero-order chi connectivity index (χ0) is 12.3. The molecule has 0 aliphatic rings. The van der Waals surface area contributed by atoms with Gasteiger partial charge in [-0.1, -0.05) is 18.2 Å². The van der Waals surface area contributed by atoms with Gasteiger partial charge in [0, 0.05) is 24.1 Å². The summed E-state index contributed by atoms with van der Waals surface area (Å²) in [7, 11) is 1.62. The number of hydrogen-bond acceptors (Lipinski definition) is 2. The Morgan fingerprint density at radius 3 is 2.94 bits per heavy atom. The van der Waals surface area contributed by atoms with Crippen LogP contribution in [0.4, 0.5) is 0 Å². The number of carbonyl (C=O) groups excluding carboxylic acids is 1. The summed E-state index contributed by atoms with van der Waals surface area (Å²) in [5.41, 5.74) is 1.55. The highest BCUT2D eigenvalue weighted by Crippen LogP contribution is 2.14. The lowest BCUT2D eigenvalue weighted by Gasteiger charge is -2.11. The average molecular weight is 232 g/mol. The lowest BCUT2D eigenvalue weighted by molar-refractivity contribution is 0.0901. The molecular formula is C13H16N2O2. The van der Waals surface area contributed by atoms with Crippen molar-refractivity contribution < 1.29 is 9.53 Å². The highest BCUT2D eigenvalue weighted by molar-refractivity contribution is 5.98. The van der Waals surface area contributed by atoms with Crippen LogP contribution in [0.15, 0.2) is 30.3 Å². The molecule has 1 heterocycles. The third-order valence-corrected chi connectivity index (χ3v) is 2.57. The number of fused-ring (bicyclic) bond motifs is 1. The predicted octanol–water partition coefficient (Wildman–Crippen LogP) is 1.93. The van der Waals surface area contributed by atoms with Crippen molar-refractivity contribution in [2.24, 2.45) is 0 Å². The normalized spacial score (nSPS) is 12.6. The third-order valence-electron chi connectivity index (χ3n) is 2.57. The molecule has 2 rings (SSSR count). The minimum Gasteiger partial charge on any atom is -0.383 e. The van der Waals surface area contributed by atoms with Crippen LogP contribution in [0, 0.1) is 0 Å². The number of nitrogens with one attached hydrogen (secondary N) is 2. The fraction of sp³-hybridized carbons (Fsp3) is 0.308. The number of hydrogen-bond donors (Lipinski definition) is 2. The largest absolute Gasteiger partial charge is 0.383 e. The predicted molar refractivity (Wildman–Crippen MR) is 67.1 cm³/mol. The van der Waals surface area contributed by atoms with Crippen molar-refractivity contribution in [1.29, 1.82) is 0 Å². The molecule has 1 aromatic carbocycles. The van der Waals surface area contributed by atoms with Gasteiger partial charge >= 0.3 is 0 Å². The van der Waals surface area contributed by atoms with E-state index in [1.165, 1.54) is 0 Å². The molecule has 0 aliphatic heterocycles. The molecule has 4 nitrogen and oxygen atoms in total. The summed E-state index contributed by atoms with van der Waals surface area (Å²) in [6.07, 6.45) is 0. The van der Waals surface area contributed by atoms with E-state index in [1.807, 2.05) is 37.3 Å². The van der Waals surface area contributed by atoms with Crippen LogP contribution >= 0.6 is 0 Å². The lowest BCUT2D eigenvalue weighted by Crippen LogP contribution is -2.35. The van der Waals surface area contributed by atoms with E-state index in [-0.39, 0.29) is 11.9 Å². The van der Waals surface area contributed by atoms with Gasteiger partial charge in [-0.3, -0.25) is 4.79 Å². The average Bonchev–Trinajstić information content (AvgIpc) is 2.72. The first-order valence-corrected chi connectivity index (χ1v) is 5.58. The summed E-state index contributed by atoms with van der Waals surface area (Å²) in [4.78, 5) is 15.0. The molecule has 2 aromatic rings. The first kappa shape index (κ1) is 11.7. The maximum Gasteiger partial charge on any atom is 0.268 e. The van der Waals surface area contributed by atoms with Crippen molar-refractivity contribution >= 4 is 16.8 Å². The number of amides is 1. The van der Waals surface area contributed by atoms with Crippen LogP contribution in [0.25, 0.3) is 10.9 Å². The minimum absolute atomic E-state index is 0.00101. The van der Waals surface area contributed by atoms with Gasteiger partial charge in [-0.15, -0.1) is 0 Å². The smallest absolute Gasteiger partial charge is 0.268 e. The number of methoxy groups -OCH3 is 1. The minimum atomic E-state index is -0.106. The second-order valence-electron chi connectivity index (χ2n) is 4.10. The second kappa shape index (κ2) is 5.01. The molecule has 0 saturated heterocycles. The van der Waals surface area contributed by atoms with E-state index in [2.05, 4.69) is 10.3 Å². The van der Waals surface area contributed by atoms with Crippen molar-refractivity contribution in [3.63, 3.8) is 0 Å². The third kappa shape index (κ3) is 2.65. The van der Waals surface area contributed by atoms with E-state index in [4.69, 9.17) is 4.74 Å². The van der Waals surface area contributed by atoms with Crippen LogP contribution < -0.4 is 5.32 Å². The van der Waals surface area contributed by atoms with Gasteiger partial charge < -0.3 is 15.0 Å². The lowest BCUT2D eigenvalue weighted by atomic mass is 10.2. The van der Waals surface area contributed by atoms with Crippen LogP contribution in [0.3, 0.4) is 0 Å². The Hall–Kier alpha value is -1.81. The molecule has 0 radical (unpaired) electrons. The highest BCUT2D eigenvalue weighted by atomic mass is 16.5. The second-order valence-corrected chi connectivity index (χ2v) is 4.10. The zero-order valence-corrected chi connectivity index (χ0v) is 9.99. The van der Waals surface area contributed by atoms with E-state index in [1.54, 1.807) is 7.11 Å². The van der Waals surface area contributed by atoms with Crippen LogP contribution in [-0.2, 0) is 4.74 Å². The molecule has 0 bridgehead atoms. The number of benzene rings is 1. The molecule has 0 fully saturated rings. The summed E-state index contributed by atoms with van der Waals surface area (Å²) < 4.78 is 4.97. The Balaban J connectivity index is 2.13. The Labute approximate surface area is 100.0 Å².